The van der Waals surface area contributed by atoms with Gasteiger partial charge in [0.1, 0.15) is 23.7 Å². The highest BCUT2D eigenvalue weighted by atomic mass is 32.2. The first-order valence-corrected chi connectivity index (χ1v) is 24.5. The number of allylic oxidation sites excluding steroid dienone is 1. The smallest absolute Gasteiger partial charge is 0.259 e. The number of fused-ring (bicyclic) bond motifs is 1. The number of likely N-dealkylation sites (tertiary alicyclic amines) is 2. The van der Waals surface area contributed by atoms with Gasteiger partial charge in [0.2, 0.25) is 33.7 Å². The van der Waals surface area contributed by atoms with Crippen molar-refractivity contribution >= 4 is 39.6 Å². The molecule has 5 amide bonds. The van der Waals surface area contributed by atoms with Crippen molar-refractivity contribution in [3.05, 3.63) is 12.2 Å². The van der Waals surface area contributed by atoms with Crippen LogP contribution in [0.5, 0.6) is 0 Å². The predicted octanol–water partition coefficient (Wildman–Crippen LogP) is 4.85. The number of hydrogen-bond acceptors (Lipinski definition) is 8. The number of nitrogens with zero attached hydrogens (tertiary/aromatic N) is 2. The molecule has 4 saturated carbocycles. The van der Waals surface area contributed by atoms with Crippen LogP contribution in [0.3, 0.4) is 0 Å². The summed E-state index contributed by atoms with van der Waals surface area (Å²) in [6.07, 6.45) is 16.5. The van der Waals surface area contributed by atoms with E-state index in [-0.39, 0.29) is 64.8 Å². The summed E-state index contributed by atoms with van der Waals surface area (Å²) in [6.45, 7) is 15.6. The molecule has 1 unspecified atom stereocenters. The summed E-state index contributed by atoms with van der Waals surface area (Å²) < 4.78 is 28.2. The summed E-state index contributed by atoms with van der Waals surface area (Å²) in [7, 11) is -3.87. The second-order valence-corrected chi connectivity index (χ2v) is 23.3. The number of carbonyl (C=O) groups excluding carboxylic acids is 5. The highest BCUT2D eigenvalue weighted by molar-refractivity contribution is 7.91. The zero-order valence-corrected chi connectivity index (χ0v) is 37.6. The number of sulfonamides is 1. The standard InChI is InChI=1S/C45H72N6O7S/c1-29(2)50-26-15-12-19-32(50)36(52)46-34(30-17-10-8-11-18-30)38(54)47-35(41(3,4)5)39(55)51-28-45(42(6,7)44(45)24-16-25-44)27-33(51)37(53)48-43(22-13-9-14-23-43)40(56)49-59(57,58)31-20-21-31/h9,13,29-35H,8,10-12,14-28H2,1-7H3,(H,46,52)(H,47,54)(H,48,53)(H,49,56)/t32?,33-,34-,35+,43+,45+/m0/s1. The summed E-state index contributed by atoms with van der Waals surface area (Å²) in [5.74, 6) is -2.14. The molecule has 2 spiro atoms. The van der Waals surface area contributed by atoms with E-state index in [0.717, 1.165) is 77.2 Å². The maximum Gasteiger partial charge on any atom is 0.259 e. The first kappa shape index (κ1) is 44.1. The lowest BCUT2D eigenvalue weighted by molar-refractivity contribution is -0.146. The van der Waals surface area contributed by atoms with Crippen molar-refractivity contribution in [1.29, 1.82) is 0 Å². The zero-order valence-electron chi connectivity index (χ0n) is 36.8. The minimum Gasteiger partial charge on any atom is -0.343 e. The summed E-state index contributed by atoms with van der Waals surface area (Å²) in [5, 5.41) is 8.82. The molecule has 59 heavy (non-hydrogen) atoms. The third-order valence-corrected chi connectivity index (χ3v) is 18.2. The molecule has 7 rings (SSSR count). The number of piperidine rings is 1. The van der Waals surface area contributed by atoms with Crippen LogP contribution >= 0.6 is 0 Å². The second-order valence-electron chi connectivity index (χ2n) is 21.3. The van der Waals surface area contributed by atoms with Crippen molar-refractivity contribution in [1.82, 2.24) is 30.5 Å². The number of amides is 5. The number of nitrogens with one attached hydrogen (secondary N) is 4. The van der Waals surface area contributed by atoms with Gasteiger partial charge in [0.05, 0.1) is 11.3 Å². The van der Waals surface area contributed by atoms with E-state index >= 15 is 4.79 Å². The van der Waals surface area contributed by atoms with Crippen molar-refractivity contribution in [2.75, 3.05) is 13.1 Å². The molecular weight excluding hydrogens is 769 g/mol. The van der Waals surface area contributed by atoms with Gasteiger partial charge >= 0.3 is 0 Å². The van der Waals surface area contributed by atoms with Crippen LogP contribution in [0, 0.1) is 27.6 Å². The van der Waals surface area contributed by atoms with E-state index in [1.54, 1.807) is 11.0 Å². The van der Waals surface area contributed by atoms with Gasteiger partial charge < -0.3 is 20.9 Å². The van der Waals surface area contributed by atoms with Crippen molar-refractivity contribution < 1.29 is 32.4 Å². The van der Waals surface area contributed by atoms with E-state index in [4.69, 9.17) is 0 Å². The first-order valence-electron chi connectivity index (χ1n) is 22.9. The molecule has 14 heteroatoms. The van der Waals surface area contributed by atoms with E-state index in [1.807, 2.05) is 26.8 Å². The van der Waals surface area contributed by atoms with E-state index in [0.29, 0.717) is 32.2 Å². The summed E-state index contributed by atoms with van der Waals surface area (Å²) in [4.78, 5) is 76.8. The SMILES string of the molecule is CC(C)N1CCCCC1C(=O)N[C@H](C(=O)N[C@H](C(=O)N1C[C@]2(C[C@H]1C(=O)N[C@]1(C(=O)NS(=O)(=O)C3CC3)CC=CCC1)C(C)(C)C21CCC1)C(C)(C)C)C1CCCCC1. The van der Waals surface area contributed by atoms with Crippen molar-refractivity contribution in [3.8, 4) is 0 Å². The Bertz CT molecular complexity index is 1810. The van der Waals surface area contributed by atoms with Gasteiger partial charge in [-0.05, 0) is 120 Å². The summed E-state index contributed by atoms with van der Waals surface area (Å²) in [5.41, 5.74) is -2.71. The van der Waals surface area contributed by atoms with Gasteiger partial charge in [-0.3, -0.25) is 33.6 Å². The maximum atomic E-state index is 15.3. The Balaban J connectivity index is 1.16. The molecule has 5 aliphatic carbocycles. The minimum atomic E-state index is -3.87. The lowest BCUT2D eigenvalue weighted by Crippen LogP contribution is -2.65. The van der Waals surface area contributed by atoms with Crippen LogP contribution in [-0.4, -0.2) is 102 Å². The molecule has 4 N–H and O–H groups in total. The highest BCUT2D eigenvalue weighted by Crippen LogP contribution is 2.88. The Labute approximate surface area is 352 Å². The fourth-order valence-corrected chi connectivity index (χ4v) is 13.7. The quantitative estimate of drug-likeness (QED) is 0.202. The third-order valence-electron chi connectivity index (χ3n) is 16.4. The predicted molar refractivity (Wildman–Crippen MR) is 226 cm³/mol. The Hall–Kier alpha value is -3.00. The minimum absolute atomic E-state index is 0.00559. The fourth-order valence-electron chi connectivity index (χ4n) is 12.3. The number of hydrogen-bond donors (Lipinski definition) is 4. The van der Waals surface area contributed by atoms with Crippen molar-refractivity contribution in [3.63, 3.8) is 0 Å². The van der Waals surface area contributed by atoms with Crippen LogP contribution < -0.4 is 20.7 Å². The average molecular weight is 841 g/mol. The molecule has 6 fully saturated rings. The molecule has 0 radical (unpaired) electrons. The Morgan fingerprint density at radius 2 is 1.46 bits per heavy atom. The van der Waals surface area contributed by atoms with Gasteiger partial charge in [0.15, 0.2) is 0 Å². The molecule has 2 aliphatic heterocycles. The number of rotatable bonds is 12. The van der Waals surface area contributed by atoms with Gasteiger partial charge in [0, 0.05) is 18.0 Å². The molecule has 7 aliphatic rings. The van der Waals surface area contributed by atoms with Gasteiger partial charge in [0.25, 0.3) is 5.91 Å². The molecule has 6 atom stereocenters. The van der Waals surface area contributed by atoms with Crippen molar-refractivity contribution in [2.24, 2.45) is 27.6 Å². The Morgan fingerprint density at radius 3 is 2.02 bits per heavy atom. The molecule has 0 aromatic carbocycles. The zero-order chi connectivity index (χ0) is 42.8. The van der Waals surface area contributed by atoms with E-state index in [2.05, 4.69) is 53.3 Å². The molecule has 0 aromatic heterocycles. The van der Waals surface area contributed by atoms with Crippen LogP contribution in [0.15, 0.2) is 12.2 Å². The van der Waals surface area contributed by atoms with Crippen LogP contribution in [0.1, 0.15) is 158 Å². The topological polar surface area (TPSA) is 174 Å². The van der Waals surface area contributed by atoms with Gasteiger partial charge in [-0.1, -0.05) is 78.9 Å². The Morgan fingerprint density at radius 1 is 0.780 bits per heavy atom. The summed E-state index contributed by atoms with van der Waals surface area (Å²) >= 11 is 0. The molecular formula is C45H72N6O7S. The summed E-state index contributed by atoms with van der Waals surface area (Å²) in [6, 6.07) is -2.87. The van der Waals surface area contributed by atoms with Gasteiger partial charge in [-0.2, -0.15) is 0 Å². The molecule has 13 nitrogen and oxygen atoms in total. The molecule has 0 bridgehead atoms. The molecule has 2 saturated heterocycles. The van der Waals surface area contributed by atoms with Crippen LogP contribution in [0.4, 0.5) is 0 Å². The largest absolute Gasteiger partial charge is 0.343 e. The van der Waals surface area contributed by atoms with Gasteiger partial charge in [-0.15, -0.1) is 0 Å². The monoisotopic (exact) mass is 841 g/mol. The van der Waals surface area contributed by atoms with E-state index in [9.17, 15) is 27.6 Å². The van der Waals surface area contributed by atoms with Crippen LogP contribution in [0.2, 0.25) is 0 Å². The molecule has 0 aromatic rings. The molecule has 2 heterocycles. The molecule has 330 valence electrons. The van der Waals surface area contributed by atoms with Crippen LogP contribution in [0.25, 0.3) is 0 Å². The first-order chi connectivity index (χ1) is 27.7. The highest BCUT2D eigenvalue weighted by Gasteiger charge is 2.85. The van der Waals surface area contributed by atoms with E-state index in [1.165, 1.54) is 0 Å². The average Bonchev–Trinajstić information content (AvgIpc) is 4.04. The maximum absolute atomic E-state index is 15.3. The number of carbonyl (C=O) groups is 5. The van der Waals surface area contributed by atoms with Crippen molar-refractivity contribution in [2.45, 2.75) is 199 Å². The van der Waals surface area contributed by atoms with E-state index < -0.39 is 56.2 Å². The van der Waals surface area contributed by atoms with Gasteiger partial charge in [-0.25, -0.2) is 8.42 Å². The lowest BCUT2D eigenvalue weighted by atomic mass is 9.73. The second kappa shape index (κ2) is 16.0. The normalized spacial score (nSPS) is 31.6. The lowest BCUT2D eigenvalue weighted by Gasteiger charge is -2.40. The fraction of sp³-hybridized carbons (Fsp3) is 0.844. The third kappa shape index (κ3) is 7.88. The Kier molecular flexibility index (Phi) is 12.0. The van der Waals surface area contributed by atoms with Crippen LogP contribution in [-0.2, 0) is 34.0 Å².